The van der Waals surface area contributed by atoms with Gasteiger partial charge in [0.1, 0.15) is 0 Å². The zero-order valence-corrected chi connectivity index (χ0v) is 11.1. The molecule has 0 N–H and O–H groups in total. The number of piperidine rings is 1. The Kier molecular flexibility index (Phi) is 2.67. The maximum absolute atomic E-state index is 6.19. The maximum Gasteiger partial charge on any atom is 0.155 e. The van der Waals surface area contributed by atoms with Crippen molar-refractivity contribution in [2.75, 3.05) is 25.6 Å². The van der Waals surface area contributed by atoms with Gasteiger partial charge < -0.3 is 4.48 Å². The van der Waals surface area contributed by atoms with Crippen LogP contribution in [0.15, 0.2) is 11.6 Å². The minimum atomic E-state index is 0.439. The second kappa shape index (κ2) is 3.49. The Hall–Kier alpha value is -0.0100. The van der Waals surface area contributed by atoms with Crippen molar-refractivity contribution in [2.45, 2.75) is 27.7 Å². The van der Waals surface area contributed by atoms with E-state index in [0.717, 1.165) is 28.9 Å². The highest BCUT2D eigenvalue weighted by Gasteiger charge is 2.50. The minimum Gasteiger partial charge on any atom is -0.307 e. The summed E-state index contributed by atoms with van der Waals surface area (Å²) in [5, 5.41) is 0. The quantitative estimate of drug-likeness (QED) is 0.280. The monoisotopic (exact) mass is 228 g/mol. The van der Waals surface area contributed by atoms with Gasteiger partial charge in [0.15, 0.2) is 6.00 Å². The smallest absolute Gasteiger partial charge is 0.155 e. The first kappa shape index (κ1) is 11.5. The Morgan fingerprint density at radius 3 is 2.73 bits per heavy atom. The van der Waals surface area contributed by atoms with Gasteiger partial charge in [-0.2, -0.15) is 0 Å². The Bertz CT molecular complexity index is 295. The number of hydrogen-bond donors (Lipinski definition) is 0. The summed E-state index contributed by atoms with van der Waals surface area (Å²) >= 11 is 6.19. The molecule has 86 valence electrons. The third-order valence-electron chi connectivity index (χ3n) is 5.00. The van der Waals surface area contributed by atoms with Crippen LogP contribution in [0.2, 0.25) is 0 Å². The molecule has 2 heteroatoms. The fourth-order valence-corrected chi connectivity index (χ4v) is 3.66. The standard InChI is InChI=1S/C13H23ClN/c1-10-5-6-15(9-14)7-11(2)13(3,4)12(10)8-15/h5,11-12H,6-9H2,1-4H3/q+1. The molecule has 2 heterocycles. The summed E-state index contributed by atoms with van der Waals surface area (Å²) in [5.74, 6) is 1.49. The van der Waals surface area contributed by atoms with Crippen LogP contribution < -0.4 is 0 Å². The highest BCUT2D eigenvalue weighted by atomic mass is 35.5. The number of rotatable bonds is 1. The van der Waals surface area contributed by atoms with Crippen LogP contribution in [0, 0.1) is 17.3 Å². The lowest BCUT2D eigenvalue weighted by Gasteiger charge is -2.55. The Balaban J connectivity index is 2.37. The van der Waals surface area contributed by atoms with Crippen molar-refractivity contribution < 1.29 is 4.48 Å². The normalized spacial score (nSPS) is 43.7. The van der Waals surface area contributed by atoms with Crippen LogP contribution in [0.3, 0.4) is 0 Å². The summed E-state index contributed by atoms with van der Waals surface area (Å²) in [5.41, 5.74) is 2.03. The molecule has 3 atom stereocenters. The summed E-state index contributed by atoms with van der Waals surface area (Å²) in [4.78, 5) is 0. The van der Waals surface area contributed by atoms with E-state index in [4.69, 9.17) is 11.6 Å². The van der Waals surface area contributed by atoms with E-state index in [9.17, 15) is 0 Å². The molecule has 15 heavy (non-hydrogen) atoms. The molecule has 1 nitrogen and oxygen atoms in total. The number of hydrogen-bond acceptors (Lipinski definition) is 0. The largest absolute Gasteiger partial charge is 0.307 e. The molecule has 1 saturated heterocycles. The van der Waals surface area contributed by atoms with Crippen LogP contribution >= 0.6 is 11.6 Å². The highest BCUT2D eigenvalue weighted by Crippen LogP contribution is 2.47. The molecule has 0 saturated carbocycles. The van der Waals surface area contributed by atoms with Gasteiger partial charge in [0.05, 0.1) is 19.6 Å². The molecule has 0 amide bonds. The Morgan fingerprint density at radius 2 is 2.13 bits per heavy atom. The van der Waals surface area contributed by atoms with E-state index in [2.05, 4.69) is 33.8 Å². The van der Waals surface area contributed by atoms with Crippen LogP contribution in [-0.2, 0) is 0 Å². The van der Waals surface area contributed by atoms with Crippen molar-refractivity contribution in [1.29, 1.82) is 0 Å². The molecule has 2 aliphatic heterocycles. The zero-order valence-electron chi connectivity index (χ0n) is 10.4. The third kappa shape index (κ3) is 1.64. The highest BCUT2D eigenvalue weighted by molar-refractivity contribution is 6.17. The fourth-order valence-electron chi connectivity index (χ4n) is 3.36. The first-order valence-electron chi connectivity index (χ1n) is 5.99. The predicted molar refractivity (Wildman–Crippen MR) is 65.8 cm³/mol. The third-order valence-corrected chi connectivity index (χ3v) is 5.51. The average molecular weight is 229 g/mol. The molecule has 0 radical (unpaired) electrons. The minimum absolute atomic E-state index is 0.439. The van der Waals surface area contributed by atoms with Gasteiger partial charge in [-0.3, -0.25) is 0 Å². The predicted octanol–water partition coefficient (Wildman–Crippen LogP) is 3.25. The topological polar surface area (TPSA) is 0 Å². The van der Waals surface area contributed by atoms with E-state index < -0.39 is 0 Å². The van der Waals surface area contributed by atoms with Crippen molar-refractivity contribution in [1.82, 2.24) is 0 Å². The molecule has 2 aliphatic rings. The summed E-state index contributed by atoms with van der Waals surface area (Å²) in [6.07, 6.45) is 2.42. The maximum atomic E-state index is 6.19. The second-order valence-electron chi connectivity index (χ2n) is 6.23. The number of halogens is 1. The molecule has 0 aromatic heterocycles. The fraction of sp³-hybridized carbons (Fsp3) is 0.846. The summed E-state index contributed by atoms with van der Waals surface area (Å²) in [7, 11) is 0. The van der Waals surface area contributed by atoms with E-state index in [1.807, 2.05) is 0 Å². The van der Waals surface area contributed by atoms with Crippen LogP contribution in [0.4, 0.5) is 0 Å². The number of quaternary nitrogens is 1. The van der Waals surface area contributed by atoms with Crippen LogP contribution in [0.1, 0.15) is 27.7 Å². The van der Waals surface area contributed by atoms with Gasteiger partial charge in [-0.25, -0.2) is 0 Å². The van der Waals surface area contributed by atoms with Crippen LogP contribution in [0.5, 0.6) is 0 Å². The lowest BCUT2D eigenvalue weighted by molar-refractivity contribution is -0.928. The van der Waals surface area contributed by atoms with Crippen molar-refractivity contribution in [3.05, 3.63) is 11.6 Å². The summed E-state index contributed by atoms with van der Waals surface area (Å²) < 4.78 is 1.11. The second-order valence-corrected chi connectivity index (χ2v) is 6.47. The number of nitrogens with zero attached hydrogens (tertiary/aromatic N) is 1. The Morgan fingerprint density at radius 1 is 1.47 bits per heavy atom. The van der Waals surface area contributed by atoms with E-state index in [0.29, 0.717) is 5.41 Å². The van der Waals surface area contributed by atoms with Gasteiger partial charge >= 0.3 is 0 Å². The van der Waals surface area contributed by atoms with Gasteiger partial charge in [0.2, 0.25) is 0 Å². The molecule has 0 spiro atoms. The van der Waals surface area contributed by atoms with Gasteiger partial charge in [-0.15, -0.1) is 0 Å². The number of fused-ring (bicyclic) bond motifs is 2. The van der Waals surface area contributed by atoms with Crippen molar-refractivity contribution in [3.63, 3.8) is 0 Å². The first-order valence-corrected chi connectivity index (χ1v) is 6.52. The van der Waals surface area contributed by atoms with Gasteiger partial charge in [-0.05, 0) is 18.4 Å². The lowest BCUT2D eigenvalue weighted by atomic mass is 9.63. The zero-order chi connectivity index (χ0) is 11.3. The molecule has 0 aromatic carbocycles. The van der Waals surface area contributed by atoms with Crippen LogP contribution in [0.25, 0.3) is 0 Å². The molecule has 2 bridgehead atoms. The SMILES string of the molecule is CC1=CC[N+]2(CCl)CC(C)C(C)(C)C1C2. The first-order chi connectivity index (χ1) is 6.91. The van der Waals surface area contributed by atoms with Crippen LogP contribution in [-0.4, -0.2) is 30.1 Å². The molecule has 2 rings (SSSR count). The van der Waals surface area contributed by atoms with E-state index >= 15 is 0 Å². The van der Waals surface area contributed by atoms with Gasteiger partial charge in [0.25, 0.3) is 0 Å². The van der Waals surface area contributed by atoms with Crippen molar-refractivity contribution in [2.24, 2.45) is 17.3 Å². The van der Waals surface area contributed by atoms with Gasteiger partial charge in [-0.1, -0.05) is 37.9 Å². The van der Waals surface area contributed by atoms with E-state index in [-0.39, 0.29) is 0 Å². The summed E-state index contributed by atoms with van der Waals surface area (Å²) in [6, 6.07) is 0.778. The van der Waals surface area contributed by atoms with E-state index in [1.54, 1.807) is 5.57 Å². The van der Waals surface area contributed by atoms with Crippen molar-refractivity contribution >= 4 is 11.6 Å². The summed E-state index contributed by atoms with van der Waals surface area (Å²) in [6.45, 7) is 13.2. The van der Waals surface area contributed by atoms with Crippen molar-refractivity contribution in [3.8, 4) is 0 Å². The molecule has 3 unspecified atom stereocenters. The average Bonchev–Trinajstić information content (AvgIpc) is 2.19. The lowest BCUT2D eigenvalue weighted by Crippen LogP contribution is -2.63. The molecular formula is C13H23ClN+. The van der Waals surface area contributed by atoms with Gasteiger partial charge in [0, 0.05) is 11.8 Å². The molecule has 0 aromatic rings. The molecular weight excluding hydrogens is 206 g/mol. The molecule has 1 fully saturated rings. The molecule has 0 aliphatic carbocycles. The van der Waals surface area contributed by atoms with E-state index in [1.165, 1.54) is 13.1 Å². The Labute approximate surface area is 98.7 Å². The number of alkyl halides is 1.